The number of para-hydroxylation sites is 1. The van der Waals surface area contributed by atoms with Gasteiger partial charge in [0.1, 0.15) is 17.5 Å². The standard InChI is InChI=1S/C25H31ClF2O5.C7H6O3/c1-5-21(32)33-25(20(31)12-26)13(2)8-15-16-10-18(27)17-9-14(29)6-7-22(17,3)24(16,28)19(30)11-23(15,25)4;8-6-4-2-1-3-5(6)7(9)10/h6-7,9,13,15-16,18-19,30H,5,8,10-12H2,1-4H3;1-4,8H,(H,9,10)/t13-,15?,16?,18-,19-,22-,23-,24-,25-;/m0./s1. The van der Waals surface area contributed by atoms with Crippen LogP contribution in [0, 0.1) is 28.6 Å². The first-order chi connectivity index (χ1) is 20.0. The fraction of sp³-hybridized carbons (Fsp3) is 0.562. The van der Waals surface area contributed by atoms with Crippen LogP contribution < -0.4 is 0 Å². The maximum Gasteiger partial charge on any atom is 0.339 e. The molecule has 0 aromatic heterocycles. The van der Waals surface area contributed by atoms with Gasteiger partial charge in [-0.25, -0.2) is 13.6 Å². The van der Waals surface area contributed by atoms with Gasteiger partial charge in [-0.05, 0) is 62.0 Å². The van der Waals surface area contributed by atoms with Crippen molar-refractivity contribution in [3.8, 4) is 5.75 Å². The maximum absolute atomic E-state index is 17.2. The lowest BCUT2D eigenvalue weighted by atomic mass is 9.44. The van der Waals surface area contributed by atoms with Gasteiger partial charge in [-0.2, -0.15) is 0 Å². The number of benzene rings is 1. The number of hydrogen-bond donors (Lipinski definition) is 3. The monoisotopic (exact) mass is 622 g/mol. The van der Waals surface area contributed by atoms with E-state index in [1.165, 1.54) is 31.2 Å². The Labute approximate surface area is 253 Å². The molecule has 0 radical (unpaired) electrons. The molecule has 3 N–H and O–H groups in total. The van der Waals surface area contributed by atoms with Gasteiger partial charge >= 0.3 is 11.9 Å². The molecular formula is C32H37ClF2O8. The molecule has 2 unspecified atom stereocenters. The summed E-state index contributed by atoms with van der Waals surface area (Å²) in [6.07, 6.45) is 0.584. The first-order valence-electron chi connectivity index (χ1n) is 14.3. The van der Waals surface area contributed by atoms with Gasteiger partial charge in [0.15, 0.2) is 22.8 Å². The van der Waals surface area contributed by atoms with Crippen molar-refractivity contribution in [3.05, 3.63) is 53.6 Å². The van der Waals surface area contributed by atoms with Crippen LogP contribution in [-0.2, 0) is 19.1 Å². The fourth-order valence-electron chi connectivity index (χ4n) is 8.40. The van der Waals surface area contributed by atoms with Crippen molar-refractivity contribution in [1.82, 2.24) is 0 Å². The molecular weight excluding hydrogens is 586 g/mol. The normalized spacial score (nSPS) is 39.3. The molecule has 3 fully saturated rings. The zero-order valence-corrected chi connectivity index (χ0v) is 25.2. The molecule has 0 saturated heterocycles. The summed E-state index contributed by atoms with van der Waals surface area (Å²) in [5, 5.41) is 28.7. The number of halogens is 3. The highest BCUT2D eigenvalue weighted by Gasteiger charge is 2.77. The van der Waals surface area contributed by atoms with E-state index in [0.29, 0.717) is 6.42 Å². The lowest BCUT2D eigenvalue weighted by Gasteiger charge is -2.63. The lowest BCUT2D eigenvalue weighted by Crippen LogP contribution is -2.71. The number of alkyl halides is 3. The molecule has 1 aromatic carbocycles. The molecule has 0 amide bonds. The Bertz CT molecular complexity index is 1390. The highest BCUT2D eigenvalue weighted by Crippen LogP contribution is 2.71. The van der Waals surface area contributed by atoms with Gasteiger partial charge < -0.3 is 20.1 Å². The first-order valence-corrected chi connectivity index (χ1v) is 14.9. The first kappa shape index (κ1) is 32.8. The van der Waals surface area contributed by atoms with Crippen LogP contribution in [0.5, 0.6) is 5.75 Å². The van der Waals surface area contributed by atoms with Crippen LogP contribution in [-0.4, -0.2) is 68.3 Å². The third kappa shape index (κ3) is 4.72. The summed E-state index contributed by atoms with van der Waals surface area (Å²) in [6.45, 7) is 6.64. The second-order valence-corrected chi connectivity index (χ2v) is 12.7. The predicted octanol–water partition coefficient (Wildman–Crippen LogP) is 5.14. The van der Waals surface area contributed by atoms with E-state index < -0.39 is 81.5 Å². The van der Waals surface area contributed by atoms with E-state index in [2.05, 4.69) is 0 Å². The van der Waals surface area contributed by atoms with Crippen molar-refractivity contribution in [2.24, 2.45) is 28.6 Å². The fourth-order valence-corrected chi connectivity index (χ4v) is 8.60. The van der Waals surface area contributed by atoms with E-state index in [1.807, 2.05) is 0 Å². The number of phenols is 1. The average molecular weight is 623 g/mol. The number of carboxylic acid groups (broad SMARTS) is 1. The van der Waals surface area contributed by atoms with Crippen LogP contribution in [0.4, 0.5) is 8.78 Å². The number of aliphatic hydroxyl groups is 1. The molecule has 43 heavy (non-hydrogen) atoms. The van der Waals surface area contributed by atoms with Crippen molar-refractivity contribution in [1.29, 1.82) is 0 Å². The molecule has 4 aliphatic carbocycles. The number of fused-ring (bicyclic) bond motifs is 5. The number of hydrogen-bond acceptors (Lipinski definition) is 7. The molecule has 8 nitrogen and oxygen atoms in total. The highest BCUT2D eigenvalue weighted by molar-refractivity contribution is 6.29. The summed E-state index contributed by atoms with van der Waals surface area (Å²) in [4.78, 5) is 47.9. The van der Waals surface area contributed by atoms with Crippen molar-refractivity contribution >= 4 is 35.1 Å². The Morgan fingerprint density at radius 2 is 1.79 bits per heavy atom. The topological polar surface area (TPSA) is 138 Å². The summed E-state index contributed by atoms with van der Waals surface area (Å²) >= 11 is 5.97. The number of carbonyl (C=O) groups is 4. The van der Waals surface area contributed by atoms with Crippen molar-refractivity contribution in [2.45, 2.75) is 76.9 Å². The number of carboxylic acids is 1. The van der Waals surface area contributed by atoms with E-state index in [0.717, 1.165) is 6.08 Å². The molecule has 0 bridgehead atoms. The van der Waals surface area contributed by atoms with Crippen molar-refractivity contribution in [2.75, 3.05) is 5.88 Å². The van der Waals surface area contributed by atoms with Crippen LogP contribution in [0.15, 0.2) is 48.1 Å². The number of carbonyl (C=O) groups excluding carboxylic acids is 3. The van der Waals surface area contributed by atoms with Crippen molar-refractivity contribution in [3.63, 3.8) is 0 Å². The van der Waals surface area contributed by atoms with E-state index in [4.69, 9.17) is 26.6 Å². The number of Topliss-reactive ketones (excluding diaryl/α,β-unsaturated/α-hetero) is 1. The predicted molar refractivity (Wildman–Crippen MR) is 153 cm³/mol. The van der Waals surface area contributed by atoms with Gasteiger partial charge in [0, 0.05) is 29.1 Å². The number of aromatic carboxylic acids is 1. The second-order valence-electron chi connectivity index (χ2n) is 12.4. The van der Waals surface area contributed by atoms with Crippen molar-refractivity contribution < 1.29 is 48.0 Å². The number of ketones is 2. The zero-order valence-electron chi connectivity index (χ0n) is 24.5. The Kier molecular flexibility index (Phi) is 8.72. The van der Waals surface area contributed by atoms with Crippen LogP contribution >= 0.6 is 11.6 Å². The Hall–Kier alpha value is -3.11. The molecule has 0 heterocycles. The minimum absolute atomic E-state index is 0.0431. The largest absolute Gasteiger partial charge is 0.507 e. The average Bonchev–Trinajstić information content (AvgIpc) is 3.17. The van der Waals surface area contributed by atoms with Gasteiger partial charge in [0.25, 0.3) is 0 Å². The molecule has 0 aliphatic heterocycles. The molecule has 4 aliphatic rings. The van der Waals surface area contributed by atoms with E-state index in [1.54, 1.807) is 32.9 Å². The van der Waals surface area contributed by atoms with Gasteiger partial charge in [0.05, 0.1) is 12.0 Å². The molecule has 5 rings (SSSR count). The third-order valence-electron chi connectivity index (χ3n) is 10.4. The molecule has 1 aromatic rings. The summed E-state index contributed by atoms with van der Waals surface area (Å²) in [5.41, 5.74) is -6.54. The van der Waals surface area contributed by atoms with E-state index in [-0.39, 0.29) is 36.1 Å². The SMILES string of the molecule is CCC(=O)O[C@]1(C(=O)CCl)[C@@H](C)CC2C3C[C@H](F)C4=CC(=O)C=C[C@]4(C)[C@@]3(F)[C@@H](O)C[C@@]21C.O=C(O)c1ccccc1O. The summed E-state index contributed by atoms with van der Waals surface area (Å²) < 4.78 is 38.5. The third-order valence-corrected chi connectivity index (χ3v) is 10.6. The molecule has 3 saturated carbocycles. The van der Waals surface area contributed by atoms with Gasteiger partial charge in [-0.1, -0.05) is 39.0 Å². The number of aromatic hydroxyl groups is 1. The summed E-state index contributed by atoms with van der Waals surface area (Å²) in [6, 6.07) is 5.81. The lowest BCUT2D eigenvalue weighted by molar-refractivity contribution is -0.230. The minimum Gasteiger partial charge on any atom is -0.507 e. The summed E-state index contributed by atoms with van der Waals surface area (Å²) in [5.74, 6) is -5.16. The smallest absolute Gasteiger partial charge is 0.339 e. The van der Waals surface area contributed by atoms with Gasteiger partial charge in [-0.3, -0.25) is 14.4 Å². The van der Waals surface area contributed by atoms with Crippen LogP contribution in [0.3, 0.4) is 0 Å². The number of ether oxygens (including phenoxy) is 1. The van der Waals surface area contributed by atoms with Gasteiger partial charge in [-0.15, -0.1) is 11.6 Å². The molecule has 11 heteroatoms. The molecule has 0 spiro atoms. The minimum atomic E-state index is -2.25. The Morgan fingerprint density at radius 1 is 1.14 bits per heavy atom. The number of allylic oxidation sites excluding steroid dienone is 4. The van der Waals surface area contributed by atoms with Crippen LogP contribution in [0.2, 0.25) is 0 Å². The van der Waals surface area contributed by atoms with Gasteiger partial charge in [0.2, 0.25) is 0 Å². The van der Waals surface area contributed by atoms with Crippen LogP contribution in [0.25, 0.3) is 0 Å². The van der Waals surface area contributed by atoms with E-state index >= 15 is 8.78 Å². The number of aliphatic hydroxyl groups excluding tert-OH is 1. The Balaban J connectivity index is 0.000000359. The zero-order chi connectivity index (χ0) is 32.1. The number of rotatable bonds is 5. The Morgan fingerprint density at radius 3 is 2.35 bits per heavy atom. The quantitative estimate of drug-likeness (QED) is 0.303. The molecule has 9 atom stereocenters. The summed E-state index contributed by atoms with van der Waals surface area (Å²) in [7, 11) is 0. The highest BCUT2D eigenvalue weighted by atomic mass is 35.5. The maximum atomic E-state index is 17.2. The second kappa shape index (κ2) is 11.4. The van der Waals surface area contributed by atoms with Crippen LogP contribution in [0.1, 0.15) is 63.7 Å². The van der Waals surface area contributed by atoms with E-state index in [9.17, 15) is 24.3 Å². The molecule has 234 valence electrons. The number of esters is 1.